The molecule has 0 radical (unpaired) electrons. The fourth-order valence-electron chi connectivity index (χ4n) is 2.64. The fourth-order valence-corrected chi connectivity index (χ4v) is 3.42. The standard InChI is InChI=1S/C16H35N5O2S.HI/c1-5-17-16(19-15(2)7-14-24(4,22)23)18-8-11-21-10-6-9-20(3)12-13-21;/h15H,5-14H2,1-4H3,(H2,17,18,19);1H. The van der Waals surface area contributed by atoms with Gasteiger partial charge in [-0.1, -0.05) is 0 Å². The van der Waals surface area contributed by atoms with E-state index in [1.165, 1.54) is 19.2 Å². The average molecular weight is 489 g/mol. The van der Waals surface area contributed by atoms with Crippen molar-refractivity contribution in [2.45, 2.75) is 32.7 Å². The topological polar surface area (TPSA) is 77.0 Å². The molecule has 1 saturated heterocycles. The van der Waals surface area contributed by atoms with Gasteiger partial charge in [-0.2, -0.15) is 0 Å². The number of halogens is 1. The van der Waals surface area contributed by atoms with E-state index in [1.54, 1.807) is 0 Å². The van der Waals surface area contributed by atoms with Crippen molar-refractivity contribution in [1.82, 2.24) is 20.4 Å². The van der Waals surface area contributed by atoms with Gasteiger partial charge in [0.2, 0.25) is 0 Å². The van der Waals surface area contributed by atoms with Gasteiger partial charge < -0.3 is 20.4 Å². The van der Waals surface area contributed by atoms with Gasteiger partial charge in [0.05, 0.1) is 12.3 Å². The predicted octanol–water partition coefficient (Wildman–Crippen LogP) is 0.620. The highest BCUT2D eigenvalue weighted by Crippen LogP contribution is 2.00. The van der Waals surface area contributed by atoms with E-state index >= 15 is 0 Å². The molecule has 0 spiro atoms. The normalized spacial score (nSPS) is 19.0. The molecule has 150 valence electrons. The van der Waals surface area contributed by atoms with E-state index in [0.29, 0.717) is 6.42 Å². The van der Waals surface area contributed by atoms with Crippen LogP contribution in [-0.2, 0) is 9.84 Å². The van der Waals surface area contributed by atoms with E-state index in [9.17, 15) is 8.42 Å². The maximum Gasteiger partial charge on any atom is 0.191 e. The molecule has 2 N–H and O–H groups in total. The molecule has 0 saturated carbocycles. The Morgan fingerprint density at radius 3 is 2.60 bits per heavy atom. The number of sulfone groups is 1. The van der Waals surface area contributed by atoms with Crippen LogP contribution in [0.3, 0.4) is 0 Å². The van der Waals surface area contributed by atoms with Gasteiger partial charge in [-0.25, -0.2) is 8.42 Å². The molecule has 1 aliphatic heterocycles. The van der Waals surface area contributed by atoms with E-state index in [-0.39, 0.29) is 35.8 Å². The molecule has 1 unspecified atom stereocenters. The highest BCUT2D eigenvalue weighted by molar-refractivity contribution is 14.0. The molecule has 1 heterocycles. The van der Waals surface area contributed by atoms with Crippen molar-refractivity contribution in [3.05, 3.63) is 0 Å². The third-order valence-corrected chi connectivity index (χ3v) is 5.12. The lowest BCUT2D eigenvalue weighted by Crippen LogP contribution is -2.43. The SMILES string of the molecule is CCNC(=NCCN1CCCN(C)CC1)NC(C)CCS(C)(=O)=O.I. The second kappa shape index (κ2) is 13.1. The number of rotatable bonds is 8. The zero-order chi connectivity index (χ0) is 18.0. The maximum atomic E-state index is 11.3. The van der Waals surface area contributed by atoms with E-state index in [0.717, 1.165) is 45.2 Å². The summed E-state index contributed by atoms with van der Waals surface area (Å²) >= 11 is 0. The predicted molar refractivity (Wildman–Crippen MR) is 117 cm³/mol. The van der Waals surface area contributed by atoms with Gasteiger partial charge in [0.1, 0.15) is 9.84 Å². The van der Waals surface area contributed by atoms with Crippen molar-refractivity contribution >= 4 is 39.8 Å². The zero-order valence-corrected chi connectivity index (χ0v) is 19.3. The molecule has 1 aliphatic rings. The number of likely N-dealkylation sites (N-methyl/N-ethyl adjacent to an activating group) is 1. The second-order valence-corrected chi connectivity index (χ2v) is 8.98. The molecule has 9 heteroatoms. The molecule has 25 heavy (non-hydrogen) atoms. The number of aliphatic imine (C=N–C) groups is 1. The number of nitrogens with zero attached hydrogens (tertiary/aromatic N) is 3. The van der Waals surface area contributed by atoms with Crippen molar-refractivity contribution in [3.63, 3.8) is 0 Å². The Morgan fingerprint density at radius 1 is 1.24 bits per heavy atom. The van der Waals surface area contributed by atoms with Gasteiger partial charge in [0, 0.05) is 38.5 Å². The lowest BCUT2D eigenvalue weighted by atomic mass is 10.3. The van der Waals surface area contributed by atoms with Crippen LogP contribution in [0.15, 0.2) is 4.99 Å². The van der Waals surface area contributed by atoms with E-state index in [4.69, 9.17) is 0 Å². The molecule has 1 fully saturated rings. The third kappa shape index (κ3) is 12.8. The first kappa shape index (κ1) is 24.9. The Bertz CT molecular complexity index is 487. The molecule has 0 aromatic carbocycles. The second-order valence-electron chi connectivity index (χ2n) is 6.72. The van der Waals surface area contributed by atoms with Crippen LogP contribution in [0.2, 0.25) is 0 Å². The Balaban J connectivity index is 0.00000576. The lowest BCUT2D eigenvalue weighted by Gasteiger charge is -2.20. The first-order valence-corrected chi connectivity index (χ1v) is 11.0. The molecular weight excluding hydrogens is 453 g/mol. The summed E-state index contributed by atoms with van der Waals surface area (Å²) in [5.74, 6) is 0.965. The molecule has 0 aromatic heterocycles. The molecule has 1 rings (SSSR count). The van der Waals surface area contributed by atoms with Crippen LogP contribution < -0.4 is 10.6 Å². The van der Waals surface area contributed by atoms with Crippen LogP contribution in [0.25, 0.3) is 0 Å². The molecule has 0 aliphatic carbocycles. The van der Waals surface area contributed by atoms with Crippen molar-refractivity contribution < 1.29 is 8.42 Å². The summed E-state index contributed by atoms with van der Waals surface area (Å²) in [7, 11) is -0.744. The fraction of sp³-hybridized carbons (Fsp3) is 0.938. The van der Waals surface area contributed by atoms with Gasteiger partial charge in [-0.15, -0.1) is 24.0 Å². The molecule has 0 amide bonds. The first-order chi connectivity index (χ1) is 11.3. The number of guanidine groups is 1. The van der Waals surface area contributed by atoms with Crippen molar-refractivity contribution in [3.8, 4) is 0 Å². The Labute approximate surface area is 170 Å². The largest absolute Gasteiger partial charge is 0.357 e. The summed E-state index contributed by atoms with van der Waals surface area (Å²) in [6.45, 7) is 11.0. The summed E-state index contributed by atoms with van der Waals surface area (Å²) in [6.07, 6.45) is 3.07. The number of hydrogen-bond donors (Lipinski definition) is 2. The lowest BCUT2D eigenvalue weighted by molar-refractivity contribution is 0.283. The summed E-state index contributed by atoms with van der Waals surface area (Å²) in [6, 6.07) is 0.0735. The van der Waals surface area contributed by atoms with Crippen molar-refractivity contribution in [1.29, 1.82) is 0 Å². The minimum Gasteiger partial charge on any atom is -0.357 e. The number of hydrogen-bond acceptors (Lipinski definition) is 5. The van der Waals surface area contributed by atoms with Crippen LogP contribution in [0.4, 0.5) is 0 Å². The third-order valence-electron chi connectivity index (χ3n) is 4.15. The van der Waals surface area contributed by atoms with Crippen molar-refractivity contribution in [2.75, 3.05) is 64.9 Å². The minimum absolute atomic E-state index is 0. The Morgan fingerprint density at radius 2 is 1.96 bits per heavy atom. The quantitative estimate of drug-likeness (QED) is 0.296. The minimum atomic E-state index is -2.92. The van der Waals surface area contributed by atoms with Crippen LogP contribution in [0.5, 0.6) is 0 Å². The summed E-state index contributed by atoms with van der Waals surface area (Å²) < 4.78 is 22.5. The molecule has 1 atom stereocenters. The molecular formula is C16H36IN5O2S. The van der Waals surface area contributed by atoms with Gasteiger partial charge >= 0.3 is 0 Å². The van der Waals surface area contributed by atoms with E-state index < -0.39 is 9.84 Å². The molecule has 7 nitrogen and oxygen atoms in total. The Kier molecular flexibility index (Phi) is 13.0. The highest BCUT2D eigenvalue weighted by Gasteiger charge is 2.12. The molecule has 0 bridgehead atoms. The summed E-state index contributed by atoms with van der Waals surface area (Å²) in [5, 5.41) is 6.53. The monoisotopic (exact) mass is 489 g/mol. The van der Waals surface area contributed by atoms with Gasteiger partial charge in [0.25, 0.3) is 0 Å². The van der Waals surface area contributed by atoms with Gasteiger partial charge in [-0.05, 0) is 46.8 Å². The van der Waals surface area contributed by atoms with E-state index in [2.05, 4.69) is 32.5 Å². The summed E-state index contributed by atoms with van der Waals surface area (Å²) in [5.41, 5.74) is 0. The molecule has 0 aromatic rings. The number of nitrogens with one attached hydrogen (secondary N) is 2. The van der Waals surface area contributed by atoms with Crippen LogP contribution in [-0.4, -0.2) is 95.1 Å². The first-order valence-electron chi connectivity index (χ1n) is 8.93. The highest BCUT2D eigenvalue weighted by atomic mass is 127. The van der Waals surface area contributed by atoms with Gasteiger partial charge in [0.15, 0.2) is 5.96 Å². The summed E-state index contributed by atoms with van der Waals surface area (Å²) in [4.78, 5) is 9.47. The smallest absolute Gasteiger partial charge is 0.191 e. The van der Waals surface area contributed by atoms with Crippen LogP contribution in [0, 0.1) is 0 Å². The van der Waals surface area contributed by atoms with Gasteiger partial charge in [-0.3, -0.25) is 4.99 Å². The average Bonchev–Trinajstić information content (AvgIpc) is 2.69. The van der Waals surface area contributed by atoms with Crippen LogP contribution >= 0.6 is 24.0 Å². The van der Waals surface area contributed by atoms with E-state index in [1.807, 2.05) is 13.8 Å². The zero-order valence-electron chi connectivity index (χ0n) is 16.1. The maximum absolute atomic E-state index is 11.3. The van der Waals surface area contributed by atoms with Crippen LogP contribution in [0.1, 0.15) is 26.7 Å². The van der Waals surface area contributed by atoms with Crippen molar-refractivity contribution in [2.24, 2.45) is 4.99 Å². The Hall–Kier alpha value is -0.130.